The Morgan fingerprint density at radius 1 is 0.857 bits per heavy atom. The highest BCUT2D eigenvalue weighted by molar-refractivity contribution is 5.95. The standard InChI is InChI=1S/C30H35N3O2/c1-24-14-7-8-17-26(24)30(34)31-21-11-3-6-20-29-32-27-18-9-10-19-28(27)33(29)22-12-13-23-35-25-15-4-2-5-16-25/h2,4-5,7-10,14-19H,3,6,11-13,20-23H2,1H3,(H,31,34). The van der Waals surface area contributed by atoms with Gasteiger partial charge in [0.2, 0.25) is 0 Å². The second kappa shape index (κ2) is 12.7. The summed E-state index contributed by atoms with van der Waals surface area (Å²) in [5.74, 6) is 2.09. The van der Waals surface area contributed by atoms with Gasteiger partial charge in [0.25, 0.3) is 5.91 Å². The number of amides is 1. The van der Waals surface area contributed by atoms with Crippen LogP contribution in [-0.2, 0) is 13.0 Å². The molecule has 1 amide bonds. The van der Waals surface area contributed by atoms with Crippen molar-refractivity contribution in [3.63, 3.8) is 0 Å². The van der Waals surface area contributed by atoms with Gasteiger partial charge in [0.05, 0.1) is 17.6 Å². The van der Waals surface area contributed by atoms with Crippen LogP contribution in [0.3, 0.4) is 0 Å². The number of hydrogen-bond acceptors (Lipinski definition) is 3. The molecule has 5 heteroatoms. The molecular formula is C30H35N3O2. The van der Waals surface area contributed by atoms with Gasteiger partial charge in [-0.05, 0) is 68.5 Å². The van der Waals surface area contributed by atoms with Gasteiger partial charge in [0, 0.05) is 25.1 Å². The number of fused-ring (bicyclic) bond motifs is 1. The summed E-state index contributed by atoms with van der Waals surface area (Å²) < 4.78 is 8.22. The number of hydrogen-bond donors (Lipinski definition) is 1. The minimum Gasteiger partial charge on any atom is -0.494 e. The number of nitrogens with one attached hydrogen (secondary N) is 1. The predicted octanol–water partition coefficient (Wildman–Crippen LogP) is 6.35. The molecule has 0 radical (unpaired) electrons. The van der Waals surface area contributed by atoms with Gasteiger partial charge in [0.15, 0.2) is 0 Å². The van der Waals surface area contributed by atoms with Crippen molar-refractivity contribution < 1.29 is 9.53 Å². The van der Waals surface area contributed by atoms with Gasteiger partial charge in [-0.25, -0.2) is 4.98 Å². The quantitative estimate of drug-likeness (QED) is 0.232. The second-order valence-corrected chi connectivity index (χ2v) is 8.92. The first-order valence-electron chi connectivity index (χ1n) is 12.7. The fourth-order valence-electron chi connectivity index (χ4n) is 4.35. The number of aryl methyl sites for hydroxylation is 3. The van der Waals surface area contributed by atoms with Gasteiger partial charge in [-0.1, -0.05) is 55.0 Å². The molecule has 0 saturated heterocycles. The van der Waals surface area contributed by atoms with E-state index in [1.54, 1.807) is 0 Å². The molecule has 5 nitrogen and oxygen atoms in total. The number of carbonyl (C=O) groups excluding carboxylic acids is 1. The minimum atomic E-state index is 0.0149. The first-order valence-corrected chi connectivity index (χ1v) is 12.7. The van der Waals surface area contributed by atoms with E-state index in [1.165, 1.54) is 5.52 Å². The molecule has 0 unspecified atom stereocenters. The van der Waals surface area contributed by atoms with Gasteiger partial charge >= 0.3 is 0 Å². The molecule has 0 fully saturated rings. The molecule has 3 aromatic carbocycles. The summed E-state index contributed by atoms with van der Waals surface area (Å²) in [6, 6.07) is 26.1. The molecule has 0 atom stereocenters. The molecule has 0 spiro atoms. The van der Waals surface area contributed by atoms with Crippen molar-refractivity contribution in [3.05, 3.63) is 95.8 Å². The average Bonchev–Trinajstić information content (AvgIpc) is 3.24. The smallest absolute Gasteiger partial charge is 0.251 e. The average molecular weight is 470 g/mol. The molecular weight excluding hydrogens is 434 g/mol. The fourth-order valence-corrected chi connectivity index (χ4v) is 4.35. The molecule has 35 heavy (non-hydrogen) atoms. The summed E-state index contributed by atoms with van der Waals surface area (Å²) in [4.78, 5) is 17.3. The maximum Gasteiger partial charge on any atom is 0.251 e. The van der Waals surface area contributed by atoms with Crippen LogP contribution in [0.25, 0.3) is 11.0 Å². The van der Waals surface area contributed by atoms with Crippen molar-refractivity contribution in [2.45, 2.75) is 52.0 Å². The highest BCUT2D eigenvalue weighted by Crippen LogP contribution is 2.19. The Hall–Kier alpha value is -3.60. The lowest BCUT2D eigenvalue weighted by Crippen LogP contribution is -2.25. The van der Waals surface area contributed by atoms with Crippen LogP contribution in [-0.4, -0.2) is 28.6 Å². The summed E-state index contributed by atoms with van der Waals surface area (Å²) in [5, 5.41) is 3.05. The third-order valence-corrected chi connectivity index (χ3v) is 6.27. The number of unbranched alkanes of at least 4 members (excludes halogenated alkanes) is 3. The van der Waals surface area contributed by atoms with Crippen molar-refractivity contribution in [1.29, 1.82) is 0 Å². The normalized spacial score (nSPS) is 11.0. The Balaban J connectivity index is 1.22. The zero-order valence-corrected chi connectivity index (χ0v) is 20.6. The maximum absolute atomic E-state index is 12.4. The van der Waals surface area contributed by atoms with E-state index in [0.717, 1.165) is 79.9 Å². The van der Waals surface area contributed by atoms with Crippen LogP contribution >= 0.6 is 0 Å². The number of nitrogens with zero attached hydrogens (tertiary/aromatic N) is 2. The van der Waals surface area contributed by atoms with Gasteiger partial charge in [-0.15, -0.1) is 0 Å². The molecule has 1 N–H and O–H groups in total. The SMILES string of the molecule is Cc1ccccc1C(=O)NCCCCCc1nc2ccccc2n1CCCCOc1ccccc1. The highest BCUT2D eigenvalue weighted by Gasteiger charge is 2.11. The Kier molecular flexibility index (Phi) is 8.93. The van der Waals surface area contributed by atoms with Crippen molar-refractivity contribution in [3.8, 4) is 5.75 Å². The monoisotopic (exact) mass is 469 g/mol. The van der Waals surface area contributed by atoms with Crippen molar-refractivity contribution in [2.24, 2.45) is 0 Å². The van der Waals surface area contributed by atoms with E-state index in [1.807, 2.05) is 67.6 Å². The van der Waals surface area contributed by atoms with E-state index >= 15 is 0 Å². The number of rotatable bonds is 13. The fraction of sp³-hybridized carbons (Fsp3) is 0.333. The summed E-state index contributed by atoms with van der Waals surface area (Å²) in [6.45, 7) is 4.34. The summed E-state index contributed by atoms with van der Waals surface area (Å²) in [6.07, 6.45) is 6.07. The van der Waals surface area contributed by atoms with E-state index in [4.69, 9.17) is 9.72 Å². The van der Waals surface area contributed by atoms with Crippen LogP contribution in [0.15, 0.2) is 78.9 Å². The van der Waals surface area contributed by atoms with Crippen LogP contribution in [0.1, 0.15) is 53.8 Å². The molecule has 0 saturated carbocycles. The third kappa shape index (κ3) is 6.95. The maximum atomic E-state index is 12.4. The number of benzene rings is 3. The van der Waals surface area contributed by atoms with Gasteiger partial charge in [0.1, 0.15) is 11.6 Å². The molecule has 4 rings (SSSR count). The van der Waals surface area contributed by atoms with Crippen LogP contribution in [0.4, 0.5) is 0 Å². The van der Waals surface area contributed by atoms with Crippen molar-refractivity contribution in [2.75, 3.05) is 13.2 Å². The molecule has 182 valence electrons. The molecule has 0 aliphatic carbocycles. The van der Waals surface area contributed by atoms with Gasteiger partial charge in [-0.3, -0.25) is 4.79 Å². The van der Waals surface area contributed by atoms with E-state index in [-0.39, 0.29) is 5.91 Å². The molecule has 0 aliphatic heterocycles. The first kappa shape index (κ1) is 24.5. The third-order valence-electron chi connectivity index (χ3n) is 6.27. The largest absolute Gasteiger partial charge is 0.494 e. The zero-order valence-electron chi connectivity index (χ0n) is 20.6. The van der Waals surface area contributed by atoms with Crippen molar-refractivity contribution in [1.82, 2.24) is 14.9 Å². The lowest BCUT2D eigenvalue weighted by molar-refractivity contribution is 0.0952. The second-order valence-electron chi connectivity index (χ2n) is 8.92. The zero-order chi connectivity index (χ0) is 24.3. The number of aromatic nitrogens is 2. The number of ether oxygens (including phenoxy) is 1. The van der Waals surface area contributed by atoms with Gasteiger partial charge in [-0.2, -0.15) is 0 Å². The number of carbonyl (C=O) groups is 1. The van der Waals surface area contributed by atoms with E-state index in [9.17, 15) is 4.79 Å². The van der Waals surface area contributed by atoms with Gasteiger partial charge < -0.3 is 14.6 Å². The molecule has 1 heterocycles. The Morgan fingerprint density at radius 3 is 2.49 bits per heavy atom. The Labute approximate surface area is 208 Å². The molecule has 1 aromatic heterocycles. The van der Waals surface area contributed by atoms with Crippen LogP contribution in [0.5, 0.6) is 5.75 Å². The summed E-state index contributed by atoms with van der Waals surface area (Å²) >= 11 is 0. The van der Waals surface area contributed by atoms with Crippen LogP contribution < -0.4 is 10.1 Å². The Morgan fingerprint density at radius 2 is 1.63 bits per heavy atom. The number of imidazole rings is 1. The molecule has 0 bridgehead atoms. The highest BCUT2D eigenvalue weighted by atomic mass is 16.5. The Bertz CT molecular complexity index is 1220. The van der Waals surface area contributed by atoms with E-state index < -0.39 is 0 Å². The minimum absolute atomic E-state index is 0.0149. The van der Waals surface area contributed by atoms with E-state index in [2.05, 4.69) is 28.1 Å². The lowest BCUT2D eigenvalue weighted by atomic mass is 10.1. The summed E-state index contributed by atoms with van der Waals surface area (Å²) in [7, 11) is 0. The number of para-hydroxylation sites is 3. The lowest BCUT2D eigenvalue weighted by Gasteiger charge is -2.11. The molecule has 4 aromatic rings. The van der Waals surface area contributed by atoms with Crippen molar-refractivity contribution >= 4 is 16.9 Å². The molecule has 0 aliphatic rings. The van der Waals surface area contributed by atoms with E-state index in [0.29, 0.717) is 6.54 Å². The predicted molar refractivity (Wildman–Crippen MR) is 142 cm³/mol. The first-order chi connectivity index (χ1) is 17.2. The van der Waals surface area contributed by atoms with Crippen LogP contribution in [0.2, 0.25) is 0 Å². The topological polar surface area (TPSA) is 56.2 Å². The van der Waals surface area contributed by atoms with Crippen LogP contribution in [0, 0.1) is 6.92 Å². The summed E-state index contributed by atoms with van der Waals surface area (Å²) in [5.41, 5.74) is 4.04.